The monoisotopic (exact) mass is 587 g/mol. The number of thiazole rings is 1. The van der Waals surface area contributed by atoms with Crippen LogP contribution in [0.25, 0.3) is 0 Å². The van der Waals surface area contributed by atoms with Crippen molar-refractivity contribution in [3.05, 3.63) is 99.0 Å². The number of nitrogens with zero attached hydrogens (tertiary/aromatic N) is 2. The molecule has 1 aromatic heterocycles. The molecule has 6 rings (SSSR count). The van der Waals surface area contributed by atoms with Crippen molar-refractivity contribution in [3.8, 4) is 11.5 Å². The molecule has 0 spiro atoms. The lowest BCUT2D eigenvalue weighted by atomic mass is 9.82. The third-order valence-electron chi connectivity index (χ3n) is 7.21. The van der Waals surface area contributed by atoms with Gasteiger partial charge in [0.2, 0.25) is 17.7 Å². The fraction of sp³-hybridized carbons (Fsp3) is 0.200. The molecule has 4 aromatic rings. The Bertz CT molecular complexity index is 1700. The summed E-state index contributed by atoms with van der Waals surface area (Å²) in [6.45, 7) is -0.229. The normalized spacial score (nSPS) is 19.5. The first-order valence-corrected chi connectivity index (χ1v) is 14.5. The summed E-state index contributed by atoms with van der Waals surface area (Å²) in [6, 6.07) is 23.0. The first kappa shape index (κ1) is 26.9. The van der Waals surface area contributed by atoms with Gasteiger partial charge in [0.05, 0.1) is 30.9 Å². The van der Waals surface area contributed by atoms with E-state index in [1.807, 2.05) is 24.3 Å². The average molecular weight is 588 g/mol. The minimum Gasteiger partial charge on any atom is -0.497 e. The van der Waals surface area contributed by atoms with E-state index in [4.69, 9.17) is 9.47 Å². The summed E-state index contributed by atoms with van der Waals surface area (Å²) in [5, 5.41) is 2.52. The first-order valence-electron chi connectivity index (χ1n) is 12.8. The van der Waals surface area contributed by atoms with Gasteiger partial charge in [0.1, 0.15) is 23.3 Å². The number of hydrogen-bond acceptors (Lipinski definition) is 8. The van der Waals surface area contributed by atoms with Crippen molar-refractivity contribution in [2.45, 2.75) is 22.7 Å². The van der Waals surface area contributed by atoms with Crippen LogP contribution in [0.3, 0.4) is 0 Å². The summed E-state index contributed by atoms with van der Waals surface area (Å²) < 4.78 is 12.3. The van der Waals surface area contributed by atoms with Crippen LogP contribution in [0.2, 0.25) is 0 Å². The molecular weight excluding hydrogens is 562 g/mol. The lowest BCUT2D eigenvalue weighted by Gasteiger charge is -2.31. The number of nitrogens with one attached hydrogen (secondary N) is 1. The second-order valence-electron chi connectivity index (χ2n) is 9.53. The van der Waals surface area contributed by atoms with E-state index in [1.54, 1.807) is 68.8 Å². The second kappa shape index (κ2) is 10.9. The Kier molecular flexibility index (Phi) is 7.14. The van der Waals surface area contributed by atoms with Crippen molar-refractivity contribution >= 4 is 52.2 Å². The molecule has 9 nitrogen and oxygen atoms in total. The van der Waals surface area contributed by atoms with Crippen LogP contribution < -0.4 is 24.6 Å². The first-order chi connectivity index (χ1) is 19.9. The topological polar surface area (TPSA) is 107 Å². The zero-order chi connectivity index (χ0) is 28.7. The van der Waals surface area contributed by atoms with E-state index in [2.05, 4.69) is 5.32 Å². The van der Waals surface area contributed by atoms with Gasteiger partial charge in [-0.05, 0) is 42.5 Å². The van der Waals surface area contributed by atoms with Gasteiger partial charge in [0.25, 0.3) is 0 Å². The molecule has 11 heteroatoms. The van der Waals surface area contributed by atoms with Gasteiger partial charge in [0, 0.05) is 22.0 Å². The summed E-state index contributed by atoms with van der Waals surface area (Å²) in [6.07, 6.45) is 0. The maximum Gasteiger partial charge on any atom is 0.308 e. The van der Waals surface area contributed by atoms with Gasteiger partial charge in [0.15, 0.2) is 0 Å². The number of hydrogen-bond donors (Lipinski definition) is 1. The molecule has 1 N–H and O–H groups in total. The van der Waals surface area contributed by atoms with Crippen LogP contribution >= 0.6 is 23.1 Å². The second-order valence-corrected chi connectivity index (χ2v) is 11.7. The lowest BCUT2D eigenvalue weighted by molar-refractivity contribution is -0.122. The smallest absolute Gasteiger partial charge is 0.308 e. The van der Waals surface area contributed by atoms with Crippen molar-refractivity contribution in [2.75, 3.05) is 24.4 Å². The molecule has 41 heavy (non-hydrogen) atoms. The quantitative estimate of drug-likeness (QED) is 0.320. The predicted molar refractivity (Wildman–Crippen MR) is 157 cm³/mol. The molecule has 208 valence electrons. The maximum absolute atomic E-state index is 14.0. The van der Waals surface area contributed by atoms with E-state index in [0.29, 0.717) is 38.3 Å². The van der Waals surface area contributed by atoms with E-state index in [9.17, 15) is 19.2 Å². The number of amides is 3. The van der Waals surface area contributed by atoms with Crippen molar-refractivity contribution in [1.29, 1.82) is 0 Å². The number of carbonyl (C=O) groups excluding carboxylic acids is 3. The van der Waals surface area contributed by atoms with Crippen molar-refractivity contribution in [2.24, 2.45) is 5.92 Å². The van der Waals surface area contributed by atoms with Crippen LogP contribution in [0.1, 0.15) is 16.4 Å². The molecule has 3 atom stereocenters. The molecule has 2 aliphatic rings. The molecular formula is C30H25N3O6S2. The molecule has 0 bridgehead atoms. The van der Waals surface area contributed by atoms with Gasteiger partial charge in [-0.25, -0.2) is 4.90 Å². The number of imide groups is 1. The van der Waals surface area contributed by atoms with E-state index in [0.717, 1.165) is 11.3 Å². The van der Waals surface area contributed by atoms with Gasteiger partial charge in [-0.3, -0.25) is 23.7 Å². The molecule has 0 radical (unpaired) electrons. The van der Waals surface area contributed by atoms with Crippen LogP contribution in [-0.2, 0) is 20.9 Å². The molecule has 0 aliphatic carbocycles. The van der Waals surface area contributed by atoms with Crippen LogP contribution in [0.5, 0.6) is 11.5 Å². The SMILES string of the molecule is COc1ccc(N2C(=O)C3Sc4c(sc(=O)n4CC(=O)Nc4ccccc4)[C@H](c4ccccc4OC)C3C2=O)cc1. The third kappa shape index (κ3) is 4.70. The molecule has 1 fully saturated rings. The fourth-order valence-electron chi connectivity index (χ4n) is 5.37. The maximum atomic E-state index is 14.0. The van der Waals surface area contributed by atoms with Gasteiger partial charge in [-0.1, -0.05) is 59.5 Å². The third-order valence-corrected chi connectivity index (χ3v) is 9.82. The van der Waals surface area contributed by atoms with Crippen LogP contribution in [0.15, 0.2) is 88.7 Å². The van der Waals surface area contributed by atoms with Gasteiger partial charge >= 0.3 is 4.87 Å². The lowest BCUT2D eigenvalue weighted by Crippen LogP contribution is -2.33. The van der Waals surface area contributed by atoms with Gasteiger partial charge < -0.3 is 14.8 Å². The van der Waals surface area contributed by atoms with Crippen molar-refractivity contribution < 1.29 is 23.9 Å². The predicted octanol–water partition coefficient (Wildman–Crippen LogP) is 4.36. The number of methoxy groups -OCH3 is 2. The van der Waals surface area contributed by atoms with Gasteiger partial charge in [-0.15, -0.1) is 0 Å². The number of fused-ring (bicyclic) bond motifs is 2. The zero-order valence-corrected chi connectivity index (χ0v) is 23.7. The van der Waals surface area contributed by atoms with Crippen molar-refractivity contribution in [1.82, 2.24) is 4.57 Å². The molecule has 3 heterocycles. The zero-order valence-electron chi connectivity index (χ0n) is 22.1. The molecule has 2 unspecified atom stereocenters. The number of benzene rings is 3. The summed E-state index contributed by atoms with van der Waals surface area (Å²) in [4.78, 5) is 55.7. The highest BCUT2D eigenvalue weighted by Crippen LogP contribution is 2.55. The minimum absolute atomic E-state index is 0.229. The largest absolute Gasteiger partial charge is 0.497 e. The molecule has 3 aromatic carbocycles. The highest BCUT2D eigenvalue weighted by molar-refractivity contribution is 8.00. The van der Waals surface area contributed by atoms with Crippen molar-refractivity contribution in [3.63, 3.8) is 0 Å². The van der Waals surface area contributed by atoms with E-state index in [-0.39, 0.29) is 29.1 Å². The Morgan fingerprint density at radius 2 is 1.59 bits per heavy atom. The average Bonchev–Trinajstić information content (AvgIpc) is 3.43. The summed E-state index contributed by atoms with van der Waals surface area (Å²) >= 11 is 2.16. The van der Waals surface area contributed by atoms with Crippen LogP contribution in [-0.4, -0.2) is 41.8 Å². The Labute approximate surface area is 243 Å². The number of rotatable bonds is 7. The number of aromatic nitrogens is 1. The molecule has 3 amide bonds. The Morgan fingerprint density at radius 1 is 0.878 bits per heavy atom. The van der Waals surface area contributed by atoms with Crippen LogP contribution in [0.4, 0.5) is 11.4 Å². The van der Waals surface area contributed by atoms with E-state index >= 15 is 0 Å². The number of ether oxygens (including phenoxy) is 2. The molecule has 0 saturated carbocycles. The van der Waals surface area contributed by atoms with E-state index < -0.39 is 17.1 Å². The highest BCUT2D eigenvalue weighted by atomic mass is 32.2. The number of carbonyl (C=O) groups is 3. The summed E-state index contributed by atoms with van der Waals surface area (Å²) in [5.74, 6) is -1.35. The standard InChI is InChI=1S/C30H25N3O6S2/c1-38-19-14-12-18(13-15-19)33-27(35)24-23(20-10-6-7-11-21(20)39-2)26-29(40-25(24)28(33)36)32(30(37)41-26)16-22(34)31-17-8-4-3-5-9-17/h3-15,23-25H,16H2,1-2H3,(H,31,34)/t23-,24?,25?/m1/s1. The fourth-order valence-corrected chi connectivity index (χ4v) is 8.13. The Balaban J connectivity index is 1.43. The minimum atomic E-state index is -0.801. The number of para-hydroxylation sites is 2. The Morgan fingerprint density at radius 3 is 2.29 bits per heavy atom. The highest BCUT2D eigenvalue weighted by Gasteiger charge is 2.57. The van der Waals surface area contributed by atoms with Gasteiger partial charge in [-0.2, -0.15) is 0 Å². The molecule has 1 saturated heterocycles. The Hall–Kier alpha value is -4.35. The number of anilines is 2. The summed E-state index contributed by atoms with van der Waals surface area (Å²) in [7, 11) is 3.09. The molecule has 2 aliphatic heterocycles. The number of thioether (sulfide) groups is 1. The van der Waals surface area contributed by atoms with Crippen LogP contribution in [0, 0.1) is 5.92 Å². The summed E-state index contributed by atoms with van der Waals surface area (Å²) in [5.41, 5.74) is 1.75. The van der Waals surface area contributed by atoms with E-state index in [1.165, 1.54) is 21.2 Å².